The molecule has 0 atom stereocenters. The number of sulfone groups is 1. The van der Waals surface area contributed by atoms with Gasteiger partial charge >= 0.3 is 5.97 Å². The van der Waals surface area contributed by atoms with Crippen LogP contribution in [0.25, 0.3) is 0 Å². The molecule has 1 aromatic heterocycles. The standard InChI is InChI=1S/C22H26N2O6S2/c1-14-6-8-16(9-7-14)32(28,29)12-4-5-19(26)23-21-20(22(27)30-3)17-10-11-24(15(2)25)13-18(17)31-21/h6-9H,4-5,10-13H2,1-3H3,(H,23,26). The first-order chi connectivity index (χ1) is 15.1. The van der Waals surface area contributed by atoms with Gasteiger partial charge in [0.2, 0.25) is 11.8 Å². The molecule has 8 nitrogen and oxygen atoms in total. The third-order valence-corrected chi connectivity index (χ3v) is 8.29. The van der Waals surface area contributed by atoms with Crippen molar-refractivity contribution in [1.29, 1.82) is 0 Å². The molecule has 1 aromatic carbocycles. The summed E-state index contributed by atoms with van der Waals surface area (Å²) in [6.45, 7) is 4.24. The van der Waals surface area contributed by atoms with Gasteiger partial charge in [-0.3, -0.25) is 9.59 Å². The minimum atomic E-state index is -3.48. The molecule has 2 amide bonds. The molecule has 2 heterocycles. The molecule has 0 saturated heterocycles. The van der Waals surface area contributed by atoms with Crippen LogP contribution in [0.5, 0.6) is 0 Å². The number of rotatable bonds is 7. The zero-order valence-electron chi connectivity index (χ0n) is 18.3. The number of hydrogen-bond acceptors (Lipinski definition) is 7. The van der Waals surface area contributed by atoms with Crippen molar-refractivity contribution < 1.29 is 27.5 Å². The lowest BCUT2D eigenvalue weighted by atomic mass is 10.0. The Kier molecular flexibility index (Phi) is 7.35. The van der Waals surface area contributed by atoms with E-state index in [-0.39, 0.29) is 35.3 Å². The first kappa shape index (κ1) is 23.9. The molecule has 0 radical (unpaired) electrons. The Balaban J connectivity index is 1.67. The highest BCUT2D eigenvalue weighted by Crippen LogP contribution is 2.37. The predicted molar refractivity (Wildman–Crippen MR) is 122 cm³/mol. The maximum atomic E-state index is 12.5. The molecule has 3 rings (SSSR count). The van der Waals surface area contributed by atoms with Gasteiger partial charge in [0.15, 0.2) is 9.84 Å². The second-order valence-electron chi connectivity index (χ2n) is 7.67. The number of nitrogens with zero attached hydrogens (tertiary/aromatic N) is 1. The number of benzene rings is 1. The summed E-state index contributed by atoms with van der Waals surface area (Å²) in [4.78, 5) is 39.3. The number of hydrogen-bond donors (Lipinski definition) is 1. The van der Waals surface area contributed by atoms with Gasteiger partial charge in [-0.1, -0.05) is 17.7 Å². The van der Waals surface area contributed by atoms with Gasteiger partial charge < -0.3 is 15.0 Å². The van der Waals surface area contributed by atoms with E-state index >= 15 is 0 Å². The van der Waals surface area contributed by atoms with E-state index in [1.807, 2.05) is 6.92 Å². The summed E-state index contributed by atoms with van der Waals surface area (Å²) in [6.07, 6.45) is 0.646. The smallest absolute Gasteiger partial charge is 0.341 e. The molecule has 1 aliphatic heterocycles. The van der Waals surface area contributed by atoms with E-state index in [9.17, 15) is 22.8 Å². The number of aryl methyl sites for hydroxylation is 1. The van der Waals surface area contributed by atoms with Crippen LogP contribution >= 0.6 is 11.3 Å². The van der Waals surface area contributed by atoms with Crippen LogP contribution in [-0.4, -0.2) is 50.5 Å². The number of nitrogens with one attached hydrogen (secondary N) is 1. The van der Waals surface area contributed by atoms with Crippen LogP contribution in [0.4, 0.5) is 5.00 Å². The normalized spacial score (nSPS) is 13.4. The lowest BCUT2D eigenvalue weighted by molar-refractivity contribution is -0.129. The second kappa shape index (κ2) is 9.83. The lowest BCUT2D eigenvalue weighted by Gasteiger charge is -2.25. The van der Waals surface area contributed by atoms with E-state index in [2.05, 4.69) is 5.32 Å². The fourth-order valence-electron chi connectivity index (χ4n) is 3.55. The highest BCUT2D eigenvalue weighted by Gasteiger charge is 2.30. The van der Waals surface area contributed by atoms with Crippen molar-refractivity contribution in [2.75, 3.05) is 24.7 Å². The van der Waals surface area contributed by atoms with E-state index in [0.717, 1.165) is 16.0 Å². The minimum Gasteiger partial charge on any atom is -0.465 e. The van der Waals surface area contributed by atoms with Crippen LogP contribution in [0.2, 0.25) is 0 Å². The summed E-state index contributed by atoms with van der Waals surface area (Å²) < 4.78 is 29.8. The van der Waals surface area contributed by atoms with Crippen molar-refractivity contribution in [1.82, 2.24) is 4.90 Å². The topological polar surface area (TPSA) is 110 Å². The highest BCUT2D eigenvalue weighted by atomic mass is 32.2. The van der Waals surface area contributed by atoms with Crippen molar-refractivity contribution >= 4 is 44.0 Å². The highest BCUT2D eigenvalue weighted by molar-refractivity contribution is 7.91. The number of esters is 1. The van der Waals surface area contributed by atoms with Gasteiger partial charge in [0.05, 0.1) is 29.9 Å². The van der Waals surface area contributed by atoms with Crippen molar-refractivity contribution in [2.45, 2.75) is 44.6 Å². The van der Waals surface area contributed by atoms with E-state index in [4.69, 9.17) is 4.74 Å². The summed E-state index contributed by atoms with van der Waals surface area (Å²) in [5.74, 6) is -1.13. The van der Waals surface area contributed by atoms with Gasteiger partial charge in [0.25, 0.3) is 0 Å². The monoisotopic (exact) mass is 478 g/mol. The first-order valence-corrected chi connectivity index (χ1v) is 12.7. The number of thiophene rings is 1. The molecule has 10 heteroatoms. The number of methoxy groups -OCH3 is 1. The molecule has 172 valence electrons. The van der Waals surface area contributed by atoms with Crippen LogP contribution in [0.1, 0.15) is 46.1 Å². The van der Waals surface area contributed by atoms with E-state index < -0.39 is 15.8 Å². The number of carbonyl (C=O) groups is 3. The number of amides is 2. The Labute approximate surface area is 191 Å². The Morgan fingerprint density at radius 2 is 1.88 bits per heavy atom. The SMILES string of the molecule is COC(=O)c1c(NC(=O)CCCS(=O)(=O)c2ccc(C)cc2)sc2c1CCN(C(C)=O)C2. The zero-order valence-corrected chi connectivity index (χ0v) is 19.9. The first-order valence-electron chi connectivity index (χ1n) is 10.2. The molecular formula is C22H26N2O6S2. The molecule has 1 aliphatic rings. The number of ether oxygens (including phenoxy) is 1. The zero-order chi connectivity index (χ0) is 23.5. The Morgan fingerprint density at radius 1 is 1.19 bits per heavy atom. The quantitative estimate of drug-likeness (QED) is 0.613. The molecule has 0 fully saturated rings. The van der Waals surface area contributed by atoms with Gasteiger partial charge in [-0.25, -0.2) is 13.2 Å². The summed E-state index contributed by atoms with van der Waals surface area (Å²) in [5, 5.41) is 3.11. The maximum Gasteiger partial charge on any atom is 0.341 e. The number of carbonyl (C=O) groups excluding carboxylic acids is 3. The molecule has 0 spiro atoms. The van der Waals surface area contributed by atoms with Gasteiger partial charge in [0.1, 0.15) is 5.00 Å². The van der Waals surface area contributed by atoms with Crippen LogP contribution in [-0.2, 0) is 37.1 Å². The molecule has 0 bridgehead atoms. The van der Waals surface area contributed by atoms with Gasteiger partial charge in [-0.15, -0.1) is 11.3 Å². The van der Waals surface area contributed by atoms with Crippen molar-refractivity contribution in [2.24, 2.45) is 0 Å². The van der Waals surface area contributed by atoms with Gasteiger partial charge in [-0.05, 0) is 37.5 Å². The van der Waals surface area contributed by atoms with Crippen LogP contribution in [0.15, 0.2) is 29.2 Å². The molecule has 32 heavy (non-hydrogen) atoms. The largest absolute Gasteiger partial charge is 0.465 e. The summed E-state index contributed by atoms with van der Waals surface area (Å²) in [5.41, 5.74) is 2.07. The number of fused-ring (bicyclic) bond motifs is 1. The van der Waals surface area contributed by atoms with Crippen LogP contribution in [0, 0.1) is 6.92 Å². The fraction of sp³-hybridized carbons (Fsp3) is 0.409. The average molecular weight is 479 g/mol. The lowest BCUT2D eigenvalue weighted by Crippen LogP contribution is -2.33. The average Bonchev–Trinajstić information content (AvgIpc) is 3.10. The number of anilines is 1. The molecule has 2 aromatic rings. The summed E-state index contributed by atoms with van der Waals surface area (Å²) in [6, 6.07) is 6.60. The predicted octanol–water partition coefficient (Wildman–Crippen LogP) is 2.94. The van der Waals surface area contributed by atoms with Crippen LogP contribution < -0.4 is 5.32 Å². The van der Waals surface area contributed by atoms with E-state index in [1.165, 1.54) is 25.4 Å². The second-order valence-corrected chi connectivity index (χ2v) is 10.9. The van der Waals surface area contributed by atoms with E-state index in [0.29, 0.717) is 30.1 Å². The molecular weight excluding hydrogens is 452 g/mol. The minimum absolute atomic E-state index is 0.00611. The molecule has 1 N–H and O–H groups in total. The fourth-order valence-corrected chi connectivity index (χ4v) is 6.13. The molecule has 0 unspecified atom stereocenters. The van der Waals surface area contributed by atoms with Crippen molar-refractivity contribution in [3.8, 4) is 0 Å². The third kappa shape index (κ3) is 5.36. The summed E-state index contributed by atoms with van der Waals surface area (Å²) >= 11 is 1.25. The van der Waals surface area contributed by atoms with Crippen molar-refractivity contribution in [3.05, 3.63) is 45.8 Å². The third-order valence-electron chi connectivity index (χ3n) is 5.34. The van der Waals surface area contributed by atoms with Crippen LogP contribution in [0.3, 0.4) is 0 Å². The molecule has 0 aliphatic carbocycles. The Morgan fingerprint density at radius 3 is 2.50 bits per heavy atom. The van der Waals surface area contributed by atoms with Crippen molar-refractivity contribution in [3.63, 3.8) is 0 Å². The van der Waals surface area contributed by atoms with E-state index in [1.54, 1.807) is 29.2 Å². The molecule has 0 saturated carbocycles. The Bertz CT molecular complexity index is 1140. The maximum absolute atomic E-state index is 12.5. The van der Waals surface area contributed by atoms with Gasteiger partial charge in [0, 0.05) is 24.8 Å². The Hall–Kier alpha value is -2.72. The summed E-state index contributed by atoms with van der Waals surface area (Å²) in [7, 11) is -2.20. The van der Waals surface area contributed by atoms with Gasteiger partial charge in [-0.2, -0.15) is 0 Å².